The van der Waals surface area contributed by atoms with Crippen LogP contribution in [0.1, 0.15) is 28.4 Å². The minimum Gasteiger partial charge on any atom is -0.392 e. The van der Waals surface area contributed by atoms with Gasteiger partial charge >= 0.3 is 0 Å². The molecule has 0 unspecified atom stereocenters. The molecule has 30 heavy (non-hydrogen) atoms. The highest BCUT2D eigenvalue weighted by Gasteiger charge is 2.18. The van der Waals surface area contributed by atoms with Crippen molar-refractivity contribution < 1.29 is 9.90 Å². The average molecular weight is 421 g/mol. The lowest BCUT2D eigenvalue weighted by molar-refractivity contribution is 0.100. The van der Waals surface area contributed by atoms with Crippen LogP contribution in [-0.2, 0) is 13.0 Å². The van der Waals surface area contributed by atoms with Gasteiger partial charge in [-0.15, -0.1) is 0 Å². The van der Waals surface area contributed by atoms with Crippen LogP contribution in [0.3, 0.4) is 0 Å². The Labute approximate surface area is 178 Å². The highest BCUT2D eigenvalue weighted by Crippen LogP contribution is 2.34. The number of amides is 1. The molecule has 0 saturated heterocycles. The van der Waals surface area contributed by atoms with Gasteiger partial charge in [0.2, 0.25) is 0 Å². The molecule has 0 spiro atoms. The van der Waals surface area contributed by atoms with Gasteiger partial charge in [-0.25, -0.2) is 4.98 Å². The monoisotopic (exact) mass is 420 g/mol. The Bertz CT molecular complexity index is 1230. The number of carbonyl (C=O) groups excluding carboxylic acids is 1. The summed E-state index contributed by atoms with van der Waals surface area (Å²) in [4.78, 5) is 19.8. The predicted octanol–water partition coefficient (Wildman–Crippen LogP) is 4.78. The molecule has 2 aromatic carbocycles. The number of nitrogens with two attached hydrogens (primary N) is 1. The van der Waals surface area contributed by atoms with Crippen LogP contribution in [0.25, 0.3) is 22.3 Å². The van der Waals surface area contributed by atoms with Crippen molar-refractivity contribution in [2.45, 2.75) is 20.0 Å². The maximum Gasteiger partial charge on any atom is 0.252 e. The summed E-state index contributed by atoms with van der Waals surface area (Å²) in [6.45, 7) is 1.96. The van der Waals surface area contributed by atoms with Crippen LogP contribution in [0.15, 0.2) is 54.7 Å². The van der Waals surface area contributed by atoms with Gasteiger partial charge < -0.3 is 21.1 Å². The summed E-state index contributed by atoms with van der Waals surface area (Å²) in [5.74, 6) is -0.572. The lowest BCUT2D eigenvalue weighted by Gasteiger charge is -2.16. The largest absolute Gasteiger partial charge is 0.392 e. The topological polar surface area (TPSA) is 104 Å². The number of rotatable bonds is 6. The number of aromatic nitrogens is 2. The van der Waals surface area contributed by atoms with Crippen molar-refractivity contribution in [3.63, 3.8) is 0 Å². The molecule has 2 heterocycles. The van der Waals surface area contributed by atoms with Gasteiger partial charge in [-0.3, -0.25) is 4.79 Å². The van der Waals surface area contributed by atoms with E-state index in [1.165, 1.54) is 6.20 Å². The van der Waals surface area contributed by atoms with Gasteiger partial charge in [0.25, 0.3) is 5.91 Å². The number of aliphatic hydroxyl groups is 1. The Kier molecular flexibility index (Phi) is 5.44. The first-order valence-corrected chi connectivity index (χ1v) is 9.95. The SMILES string of the molecule is CCc1c(CO)cccc1Nc1c(C(N)=O)cnc2[nH]c(-c3ccc(Cl)cc3)cc12. The highest BCUT2D eigenvalue weighted by atomic mass is 35.5. The molecule has 0 bridgehead atoms. The number of aliphatic hydroxyl groups excluding tert-OH is 1. The fraction of sp³-hybridized carbons (Fsp3) is 0.130. The Hall–Kier alpha value is -3.35. The minimum atomic E-state index is -0.572. The summed E-state index contributed by atoms with van der Waals surface area (Å²) in [6.07, 6.45) is 2.19. The van der Waals surface area contributed by atoms with E-state index < -0.39 is 5.91 Å². The second-order valence-electron chi connectivity index (χ2n) is 6.94. The van der Waals surface area contributed by atoms with E-state index in [9.17, 15) is 9.90 Å². The molecule has 0 aliphatic carbocycles. The van der Waals surface area contributed by atoms with E-state index in [0.717, 1.165) is 39.9 Å². The molecule has 7 heteroatoms. The number of primary amides is 1. The molecule has 1 amide bonds. The van der Waals surface area contributed by atoms with Crippen molar-refractivity contribution in [3.8, 4) is 11.3 Å². The first-order valence-electron chi connectivity index (χ1n) is 9.58. The molecule has 0 aliphatic rings. The Morgan fingerprint density at radius 3 is 2.67 bits per heavy atom. The first-order chi connectivity index (χ1) is 14.5. The van der Waals surface area contributed by atoms with Crippen molar-refractivity contribution in [2.24, 2.45) is 5.73 Å². The van der Waals surface area contributed by atoms with Gasteiger partial charge in [0.15, 0.2) is 0 Å². The van der Waals surface area contributed by atoms with Crippen LogP contribution < -0.4 is 11.1 Å². The number of nitrogens with one attached hydrogen (secondary N) is 2. The molecule has 6 nitrogen and oxygen atoms in total. The van der Waals surface area contributed by atoms with Gasteiger partial charge in [0.05, 0.1) is 17.9 Å². The van der Waals surface area contributed by atoms with Crippen molar-refractivity contribution in [1.82, 2.24) is 9.97 Å². The smallest absolute Gasteiger partial charge is 0.252 e. The molecule has 0 saturated carbocycles. The third-order valence-electron chi connectivity index (χ3n) is 5.14. The van der Waals surface area contributed by atoms with E-state index in [-0.39, 0.29) is 6.61 Å². The number of nitrogens with zero attached hydrogens (tertiary/aromatic N) is 1. The number of hydrogen-bond donors (Lipinski definition) is 4. The second-order valence-corrected chi connectivity index (χ2v) is 7.38. The van der Waals surface area contributed by atoms with Crippen LogP contribution in [0.4, 0.5) is 11.4 Å². The van der Waals surface area contributed by atoms with Crippen molar-refractivity contribution in [2.75, 3.05) is 5.32 Å². The normalized spacial score (nSPS) is 11.0. The number of hydrogen-bond acceptors (Lipinski definition) is 4. The number of aromatic amines is 1. The fourth-order valence-corrected chi connectivity index (χ4v) is 3.76. The maximum absolute atomic E-state index is 12.1. The molecule has 5 N–H and O–H groups in total. The van der Waals surface area contributed by atoms with Crippen molar-refractivity contribution in [3.05, 3.63) is 76.4 Å². The molecular weight excluding hydrogens is 400 g/mol. The molecule has 0 aliphatic heterocycles. The van der Waals surface area contributed by atoms with E-state index >= 15 is 0 Å². The summed E-state index contributed by atoms with van der Waals surface area (Å²) < 4.78 is 0. The van der Waals surface area contributed by atoms with E-state index in [1.54, 1.807) is 0 Å². The van der Waals surface area contributed by atoms with Gasteiger partial charge in [0, 0.05) is 28.0 Å². The summed E-state index contributed by atoms with van der Waals surface area (Å²) in [6, 6.07) is 15.1. The van der Waals surface area contributed by atoms with Crippen LogP contribution in [0, 0.1) is 0 Å². The molecule has 0 atom stereocenters. The number of anilines is 2. The maximum atomic E-state index is 12.1. The van der Waals surface area contributed by atoms with Gasteiger partial charge in [-0.2, -0.15) is 0 Å². The number of pyridine rings is 1. The third-order valence-corrected chi connectivity index (χ3v) is 5.39. The minimum absolute atomic E-state index is 0.0575. The van der Waals surface area contributed by atoms with E-state index in [1.807, 2.05) is 55.5 Å². The molecule has 2 aromatic heterocycles. The van der Waals surface area contributed by atoms with E-state index in [2.05, 4.69) is 15.3 Å². The lowest BCUT2D eigenvalue weighted by Crippen LogP contribution is -2.14. The second kappa shape index (κ2) is 8.18. The van der Waals surface area contributed by atoms with Gasteiger partial charge in [-0.05, 0) is 47.4 Å². The number of H-pyrrole nitrogens is 1. The van der Waals surface area contributed by atoms with Crippen molar-refractivity contribution >= 4 is 39.9 Å². The standard InChI is InChI=1S/C23H21ClN4O2/c1-2-16-14(12-29)4-3-5-19(16)27-21-17-10-20(13-6-8-15(24)9-7-13)28-23(17)26-11-18(21)22(25)30/h3-11,29H,2,12H2,1H3,(H2,25,30)(H2,26,27,28). The zero-order valence-electron chi connectivity index (χ0n) is 16.4. The predicted molar refractivity (Wildman–Crippen MR) is 120 cm³/mol. The quantitative estimate of drug-likeness (QED) is 0.360. The number of benzene rings is 2. The molecule has 0 fully saturated rings. The van der Waals surface area contributed by atoms with E-state index in [0.29, 0.717) is 21.9 Å². The summed E-state index contributed by atoms with van der Waals surface area (Å²) in [5.41, 5.74) is 11.6. The fourth-order valence-electron chi connectivity index (χ4n) is 3.63. The zero-order valence-corrected chi connectivity index (χ0v) is 17.1. The van der Waals surface area contributed by atoms with Gasteiger partial charge in [0.1, 0.15) is 5.65 Å². The summed E-state index contributed by atoms with van der Waals surface area (Å²) in [5, 5.41) is 14.4. The molecule has 4 rings (SSSR count). The zero-order chi connectivity index (χ0) is 21.3. The molecular formula is C23H21ClN4O2. The summed E-state index contributed by atoms with van der Waals surface area (Å²) in [7, 11) is 0. The Morgan fingerprint density at radius 1 is 1.23 bits per heavy atom. The van der Waals surface area contributed by atoms with E-state index in [4.69, 9.17) is 17.3 Å². The molecule has 4 aromatic rings. The number of halogens is 1. The van der Waals surface area contributed by atoms with Crippen LogP contribution in [0.5, 0.6) is 0 Å². The Balaban J connectivity index is 1.88. The summed E-state index contributed by atoms with van der Waals surface area (Å²) >= 11 is 6.00. The molecule has 152 valence electrons. The van der Waals surface area contributed by atoms with Crippen LogP contribution in [-0.4, -0.2) is 21.0 Å². The average Bonchev–Trinajstić information content (AvgIpc) is 3.18. The lowest BCUT2D eigenvalue weighted by atomic mass is 10.0. The molecule has 0 radical (unpaired) electrons. The van der Waals surface area contributed by atoms with Crippen molar-refractivity contribution in [1.29, 1.82) is 0 Å². The number of carbonyl (C=O) groups is 1. The highest BCUT2D eigenvalue weighted by molar-refractivity contribution is 6.30. The third kappa shape index (κ3) is 3.63. The van der Waals surface area contributed by atoms with Gasteiger partial charge in [-0.1, -0.05) is 42.8 Å². The van der Waals surface area contributed by atoms with Crippen LogP contribution >= 0.6 is 11.6 Å². The Morgan fingerprint density at radius 2 is 2.00 bits per heavy atom. The first kappa shape index (κ1) is 19.9. The number of fused-ring (bicyclic) bond motifs is 1. The van der Waals surface area contributed by atoms with Crippen LogP contribution in [0.2, 0.25) is 5.02 Å².